The molecule has 0 bridgehead atoms. The van der Waals surface area contributed by atoms with E-state index in [4.69, 9.17) is 5.41 Å². The Hall–Kier alpha value is -2.09. The minimum Gasteiger partial charge on any atom is -0.355 e. The van der Waals surface area contributed by atoms with Gasteiger partial charge in [0.25, 0.3) is 0 Å². The van der Waals surface area contributed by atoms with Crippen molar-refractivity contribution in [2.24, 2.45) is 0 Å². The molecule has 0 aliphatic carbocycles. The molecular formula is C22H30N2. The van der Waals surface area contributed by atoms with Crippen LogP contribution in [0, 0.1) is 5.41 Å². The van der Waals surface area contributed by atoms with E-state index in [0.717, 1.165) is 23.4 Å². The van der Waals surface area contributed by atoms with Gasteiger partial charge in [-0.15, -0.1) is 0 Å². The molecule has 0 radical (unpaired) electrons. The van der Waals surface area contributed by atoms with Crippen molar-refractivity contribution in [2.45, 2.75) is 58.8 Å². The summed E-state index contributed by atoms with van der Waals surface area (Å²) in [6.45, 7) is 8.95. The van der Waals surface area contributed by atoms with Crippen LogP contribution in [0.3, 0.4) is 0 Å². The molecule has 2 aromatic carbocycles. The molecule has 0 aliphatic heterocycles. The van der Waals surface area contributed by atoms with Crippen molar-refractivity contribution < 1.29 is 0 Å². The maximum atomic E-state index is 7.77. The van der Waals surface area contributed by atoms with E-state index in [-0.39, 0.29) is 0 Å². The first-order chi connectivity index (χ1) is 11.6. The lowest BCUT2D eigenvalue weighted by molar-refractivity contribution is 0.665. The molecule has 24 heavy (non-hydrogen) atoms. The zero-order valence-electron chi connectivity index (χ0n) is 15.4. The molecule has 0 aromatic heterocycles. The summed E-state index contributed by atoms with van der Waals surface area (Å²) in [5.74, 6) is 1.10. The average molecular weight is 322 g/mol. The topological polar surface area (TPSA) is 35.9 Å². The van der Waals surface area contributed by atoms with Crippen molar-refractivity contribution in [1.29, 1.82) is 5.41 Å². The molecule has 2 unspecified atom stereocenters. The zero-order valence-corrected chi connectivity index (χ0v) is 15.4. The number of hydrogen-bond acceptors (Lipinski definition) is 2. The summed E-state index contributed by atoms with van der Waals surface area (Å²) >= 11 is 0. The van der Waals surface area contributed by atoms with E-state index in [2.05, 4.69) is 75.5 Å². The van der Waals surface area contributed by atoms with Crippen molar-refractivity contribution in [3.63, 3.8) is 0 Å². The monoisotopic (exact) mass is 322 g/mol. The van der Waals surface area contributed by atoms with Gasteiger partial charge in [0.15, 0.2) is 0 Å². The van der Waals surface area contributed by atoms with Gasteiger partial charge in [-0.05, 0) is 60.1 Å². The largest absolute Gasteiger partial charge is 0.355 e. The first kappa shape index (κ1) is 18.3. The van der Waals surface area contributed by atoms with E-state index < -0.39 is 0 Å². The van der Waals surface area contributed by atoms with E-state index in [9.17, 15) is 0 Å². The Morgan fingerprint density at radius 1 is 1.00 bits per heavy atom. The molecule has 128 valence electrons. The van der Waals surface area contributed by atoms with E-state index in [1.165, 1.54) is 30.2 Å². The predicted molar refractivity (Wildman–Crippen MR) is 106 cm³/mol. The smallest absolute Gasteiger partial charge is 0.0473 e. The van der Waals surface area contributed by atoms with E-state index in [1.54, 1.807) is 0 Å². The molecule has 2 rings (SSSR count). The van der Waals surface area contributed by atoms with Gasteiger partial charge >= 0.3 is 0 Å². The number of anilines is 2. The van der Waals surface area contributed by atoms with Gasteiger partial charge in [0.05, 0.1) is 0 Å². The van der Waals surface area contributed by atoms with Crippen molar-refractivity contribution in [2.75, 3.05) is 5.32 Å². The summed E-state index contributed by atoms with van der Waals surface area (Å²) in [5.41, 5.74) is 5.70. The lowest BCUT2D eigenvalue weighted by Gasteiger charge is -2.16. The van der Waals surface area contributed by atoms with Crippen molar-refractivity contribution in [1.82, 2.24) is 0 Å². The molecule has 0 aliphatic rings. The third-order valence-corrected chi connectivity index (χ3v) is 4.87. The summed E-state index contributed by atoms with van der Waals surface area (Å²) in [6, 6.07) is 15.0. The van der Waals surface area contributed by atoms with Crippen LogP contribution in [0.4, 0.5) is 11.4 Å². The average Bonchev–Trinajstić information content (AvgIpc) is 2.61. The molecule has 0 saturated heterocycles. The molecule has 2 heteroatoms. The Kier molecular flexibility index (Phi) is 6.60. The van der Waals surface area contributed by atoms with Crippen LogP contribution < -0.4 is 5.32 Å². The van der Waals surface area contributed by atoms with Crippen molar-refractivity contribution >= 4 is 17.6 Å². The fraction of sp³-hybridized carbons (Fsp3) is 0.409. The quantitative estimate of drug-likeness (QED) is 0.512. The maximum Gasteiger partial charge on any atom is 0.0473 e. The first-order valence-corrected chi connectivity index (χ1v) is 9.10. The van der Waals surface area contributed by atoms with Crippen LogP contribution in [-0.2, 0) is 0 Å². The molecule has 0 fully saturated rings. The molecule has 0 spiro atoms. The minimum atomic E-state index is 0.538. The number of hydrogen-bond donors (Lipinski definition) is 2. The fourth-order valence-corrected chi connectivity index (χ4v) is 3.03. The van der Waals surface area contributed by atoms with Gasteiger partial charge in [-0.25, -0.2) is 0 Å². The third kappa shape index (κ3) is 4.47. The summed E-state index contributed by atoms with van der Waals surface area (Å²) in [6.07, 6.45) is 4.95. The minimum absolute atomic E-state index is 0.538. The number of rotatable bonds is 8. The second-order valence-electron chi connectivity index (χ2n) is 6.74. The van der Waals surface area contributed by atoms with Gasteiger partial charge in [-0.1, -0.05) is 52.3 Å². The highest BCUT2D eigenvalue weighted by Gasteiger charge is 2.09. The Morgan fingerprint density at radius 2 is 1.75 bits per heavy atom. The van der Waals surface area contributed by atoms with Gasteiger partial charge in [0.2, 0.25) is 0 Å². The molecule has 0 amide bonds. The summed E-state index contributed by atoms with van der Waals surface area (Å²) < 4.78 is 0. The van der Waals surface area contributed by atoms with Crippen molar-refractivity contribution in [3.05, 3.63) is 59.2 Å². The van der Waals surface area contributed by atoms with Gasteiger partial charge in [0.1, 0.15) is 0 Å². The standard InChI is InChI=1S/C22H30N2/c1-5-8-17(4)19-11-12-22(20(13-19)15-23)24-21-10-7-9-18(14-21)16(3)6-2/h7,9-17,23-24H,5-6,8H2,1-4H3. The van der Waals surface area contributed by atoms with Crippen LogP contribution in [0.15, 0.2) is 42.5 Å². The predicted octanol–water partition coefficient (Wildman–Crippen LogP) is 6.84. The lowest BCUT2D eigenvalue weighted by Crippen LogP contribution is -2.00. The zero-order chi connectivity index (χ0) is 17.5. The van der Waals surface area contributed by atoms with Gasteiger partial charge in [0, 0.05) is 23.2 Å². The molecule has 0 saturated carbocycles. The third-order valence-electron chi connectivity index (χ3n) is 4.87. The van der Waals surface area contributed by atoms with E-state index >= 15 is 0 Å². The molecule has 2 nitrogen and oxygen atoms in total. The van der Waals surface area contributed by atoms with Crippen LogP contribution in [0.2, 0.25) is 0 Å². The van der Waals surface area contributed by atoms with Crippen LogP contribution in [0.25, 0.3) is 0 Å². The highest BCUT2D eigenvalue weighted by molar-refractivity contribution is 5.87. The number of nitrogens with one attached hydrogen (secondary N) is 2. The summed E-state index contributed by atoms with van der Waals surface area (Å²) in [7, 11) is 0. The van der Waals surface area contributed by atoms with E-state index in [1.807, 2.05) is 0 Å². The lowest BCUT2D eigenvalue weighted by atomic mass is 9.94. The SMILES string of the molecule is CCCC(C)c1ccc(Nc2cccc(C(C)CC)c2)c(C=N)c1. The number of benzene rings is 2. The Labute approximate surface area is 146 Å². The van der Waals surface area contributed by atoms with Crippen LogP contribution in [-0.4, -0.2) is 6.21 Å². The second-order valence-corrected chi connectivity index (χ2v) is 6.74. The molecule has 2 N–H and O–H groups in total. The Balaban J connectivity index is 2.25. The molecule has 2 aromatic rings. The van der Waals surface area contributed by atoms with Crippen LogP contribution >= 0.6 is 0 Å². The normalized spacial score (nSPS) is 13.3. The molecular weight excluding hydrogens is 292 g/mol. The van der Waals surface area contributed by atoms with E-state index in [0.29, 0.717) is 11.8 Å². The maximum absolute atomic E-state index is 7.77. The summed E-state index contributed by atoms with van der Waals surface area (Å²) in [4.78, 5) is 0. The second kappa shape index (κ2) is 8.68. The van der Waals surface area contributed by atoms with Crippen LogP contribution in [0.5, 0.6) is 0 Å². The van der Waals surface area contributed by atoms with Crippen molar-refractivity contribution in [3.8, 4) is 0 Å². The Bertz CT molecular complexity index is 675. The summed E-state index contributed by atoms with van der Waals surface area (Å²) in [5, 5.41) is 11.3. The van der Waals surface area contributed by atoms with Gasteiger partial charge in [-0.2, -0.15) is 0 Å². The van der Waals surface area contributed by atoms with Gasteiger partial charge < -0.3 is 10.7 Å². The van der Waals surface area contributed by atoms with Crippen LogP contribution in [0.1, 0.15) is 75.5 Å². The van der Waals surface area contributed by atoms with Gasteiger partial charge in [-0.3, -0.25) is 0 Å². The molecule has 0 heterocycles. The Morgan fingerprint density at radius 3 is 2.42 bits per heavy atom. The fourth-order valence-electron chi connectivity index (χ4n) is 3.03. The first-order valence-electron chi connectivity index (χ1n) is 9.10. The highest BCUT2D eigenvalue weighted by Crippen LogP contribution is 2.28. The molecule has 2 atom stereocenters. The highest BCUT2D eigenvalue weighted by atomic mass is 14.9.